The number of hydrogen-bond acceptors (Lipinski definition) is 5. The van der Waals surface area contributed by atoms with Crippen LogP contribution in [0.25, 0.3) is 0 Å². The molecule has 1 N–H and O–H groups in total. The summed E-state index contributed by atoms with van der Waals surface area (Å²) in [5.74, 6) is 0. The number of hydrogen-bond donors (Lipinski definition) is 1. The van der Waals surface area contributed by atoms with Crippen LogP contribution in [0.5, 0.6) is 0 Å². The summed E-state index contributed by atoms with van der Waals surface area (Å²) in [4.78, 5) is 8.62. The fourth-order valence-electron chi connectivity index (χ4n) is 1.14. The summed E-state index contributed by atoms with van der Waals surface area (Å²) in [6, 6.07) is 1.97. The van der Waals surface area contributed by atoms with Crippen LogP contribution in [0.1, 0.15) is 17.8 Å². The predicted octanol–water partition coefficient (Wildman–Crippen LogP) is 1.73. The van der Waals surface area contributed by atoms with Crippen molar-refractivity contribution in [2.75, 3.05) is 20.3 Å². The van der Waals surface area contributed by atoms with Crippen LogP contribution in [0, 0.1) is 13.8 Å². The van der Waals surface area contributed by atoms with E-state index in [0.717, 1.165) is 36.1 Å². The fraction of sp³-hybridized carbons (Fsp3) is 0.600. The maximum Gasteiger partial charge on any atom is 0.203 e. The third kappa shape index (κ3) is 5.11. The number of rotatable bonds is 6. The van der Waals surface area contributed by atoms with Gasteiger partial charge in [-0.05, 0) is 38.3 Å². The van der Waals surface area contributed by atoms with Gasteiger partial charge in [-0.25, -0.2) is 9.97 Å². The van der Waals surface area contributed by atoms with Crippen molar-refractivity contribution in [1.29, 1.82) is 0 Å². The normalized spacial score (nSPS) is 10.6. The van der Waals surface area contributed by atoms with Crippen molar-refractivity contribution >= 4 is 11.9 Å². The molecule has 1 aromatic heterocycles. The molecule has 0 spiro atoms. The fourth-order valence-corrected chi connectivity index (χ4v) is 1.90. The molecule has 0 aliphatic rings. The molecule has 0 aromatic carbocycles. The highest BCUT2D eigenvalue weighted by Gasteiger charge is 1.99. The number of aryl methyl sites for hydroxylation is 2. The Balaban J connectivity index is 2.31. The molecule has 15 heavy (non-hydrogen) atoms. The van der Waals surface area contributed by atoms with E-state index in [1.807, 2.05) is 19.9 Å². The maximum absolute atomic E-state index is 4.95. The molecule has 1 heterocycles. The van der Waals surface area contributed by atoms with Gasteiger partial charge in [-0.1, -0.05) is 0 Å². The highest BCUT2D eigenvalue weighted by atomic mass is 32.2. The zero-order valence-corrected chi connectivity index (χ0v) is 10.2. The lowest BCUT2D eigenvalue weighted by Gasteiger charge is -2.04. The maximum atomic E-state index is 4.95. The zero-order valence-electron chi connectivity index (χ0n) is 9.41. The van der Waals surface area contributed by atoms with E-state index >= 15 is 0 Å². The van der Waals surface area contributed by atoms with Crippen molar-refractivity contribution in [3.63, 3.8) is 0 Å². The second-order valence-electron chi connectivity index (χ2n) is 3.28. The Morgan fingerprint density at radius 1 is 1.33 bits per heavy atom. The molecule has 1 aromatic rings. The van der Waals surface area contributed by atoms with Crippen molar-refractivity contribution in [1.82, 2.24) is 14.7 Å². The Hall–Kier alpha value is -0.650. The molecule has 4 nitrogen and oxygen atoms in total. The van der Waals surface area contributed by atoms with Gasteiger partial charge in [-0.2, -0.15) is 0 Å². The molecule has 0 radical (unpaired) electrons. The molecule has 0 atom stereocenters. The molecule has 84 valence electrons. The van der Waals surface area contributed by atoms with Gasteiger partial charge >= 0.3 is 0 Å². The van der Waals surface area contributed by atoms with Gasteiger partial charge in [0.25, 0.3) is 0 Å². The van der Waals surface area contributed by atoms with Crippen molar-refractivity contribution < 1.29 is 4.74 Å². The van der Waals surface area contributed by atoms with Crippen molar-refractivity contribution in [3.8, 4) is 0 Å². The van der Waals surface area contributed by atoms with Crippen molar-refractivity contribution in [2.24, 2.45) is 0 Å². The van der Waals surface area contributed by atoms with Gasteiger partial charge in [-0.15, -0.1) is 0 Å². The molecule has 0 fully saturated rings. The number of nitrogens with one attached hydrogen (secondary N) is 1. The Labute approximate surface area is 95.0 Å². The molecule has 5 heteroatoms. The van der Waals surface area contributed by atoms with Crippen LogP contribution in [-0.2, 0) is 4.74 Å². The number of nitrogens with zero attached hydrogens (tertiary/aromatic N) is 2. The molecular formula is C10H17N3OS. The minimum atomic E-state index is 0.779. The highest BCUT2D eigenvalue weighted by Crippen LogP contribution is 2.09. The lowest BCUT2D eigenvalue weighted by Crippen LogP contribution is -2.09. The summed E-state index contributed by atoms with van der Waals surface area (Å²) in [5, 5.41) is 0.782. The van der Waals surface area contributed by atoms with Crippen LogP contribution in [-0.4, -0.2) is 30.2 Å². The van der Waals surface area contributed by atoms with Gasteiger partial charge in [0.05, 0.1) is 0 Å². The van der Waals surface area contributed by atoms with Crippen molar-refractivity contribution in [2.45, 2.75) is 25.4 Å². The van der Waals surface area contributed by atoms with Crippen LogP contribution in [0.3, 0.4) is 0 Å². The molecule has 1 rings (SSSR count). The summed E-state index contributed by atoms with van der Waals surface area (Å²) < 4.78 is 8.15. The molecular weight excluding hydrogens is 210 g/mol. The molecule has 0 bridgehead atoms. The van der Waals surface area contributed by atoms with E-state index in [0.29, 0.717) is 0 Å². The third-order valence-electron chi connectivity index (χ3n) is 1.75. The largest absolute Gasteiger partial charge is 0.385 e. The monoisotopic (exact) mass is 227 g/mol. The first-order valence-corrected chi connectivity index (χ1v) is 5.75. The summed E-state index contributed by atoms with van der Waals surface area (Å²) in [6.07, 6.45) is 0.994. The Morgan fingerprint density at radius 2 is 2.00 bits per heavy atom. The van der Waals surface area contributed by atoms with Gasteiger partial charge in [0.2, 0.25) is 5.16 Å². The summed E-state index contributed by atoms with van der Waals surface area (Å²) in [7, 11) is 1.71. The lowest BCUT2D eigenvalue weighted by molar-refractivity contribution is 0.196. The Kier molecular flexibility index (Phi) is 5.60. The van der Waals surface area contributed by atoms with Gasteiger partial charge in [-0.3, -0.25) is 4.72 Å². The van der Waals surface area contributed by atoms with Crippen LogP contribution in [0.2, 0.25) is 0 Å². The van der Waals surface area contributed by atoms with E-state index in [1.54, 1.807) is 7.11 Å². The van der Waals surface area contributed by atoms with Gasteiger partial charge in [0.15, 0.2) is 0 Å². The van der Waals surface area contributed by atoms with E-state index in [1.165, 1.54) is 11.9 Å². The first-order chi connectivity index (χ1) is 7.22. The van der Waals surface area contributed by atoms with Crippen molar-refractivity contribution in [3.05, 3.63) is 17.5 Å². The van der Waals surface area contributed by atoms with Gasteiger partial charge < -0.3 is 4.74 Å². The van der Waals surface area contributed by atoms with Gasteiger partial charge in [0, 0.05) is 31.6 Å². The predicted molar refractivity (Wildman–Crippen MR) is 61.9 cm³/mol. The number of aromatic nitrogens is 2. The van der Waals surface area contributed by atoms with E-state index in [2.05, 4.69) is 14.7 Å². The molecule has 0 saturated heterocycles. The second-order valence-corrected chi connectivity index (χ2v) is 4.13. The minimum Gasteiger partial charge on any atom is -0.385 e. The number of methoxy groups -OCH3 is 1. The van der Waals surface area contributed by atoms with E-state index < -0.39 is 0 Å². The van der Waals surface area contributed by atoms with E-state index in [4.69, 9.17) is 4.74 Å². The molecule has 0 aliphatic heterocycles. The average molecular weight is 227 g/mol. The standard InChI is InChI=1S/C10H17N3OS/c1-8-7-9(2)13-10(12-8)15-11-5-4-6-14-3/h7,11H,4-6H2,1-3H3. The summed E-state index contributed by atoms with van der Waals surface area (Å²) >= 11 is 1.47. The first-order valence-electron chi connectivity index (χ1n) is 4.93. The second kappa shape index (κ2) is 6.76. The summed E-state index contributed by atoms with van der Waals surface area (Å²) in [6.45, 7) is 5.63. The molecule has 0 amide bonds. The number of ether oxygens (including phenoxy) is 1. The molecule has 0 aliphatic carbocycles. The lowest BCUT2D eigenvalue weighted by atomic mass is 10.4. The van der Waals surface area contributed by atoms with Crippen LogP contribution in [0.4, 0.5) is 0 Å². The smallest absolute Gasteiger partial charge is 0.203 e. The zero-order chi connectivity index (χ0) is 11.1. The Morgan fingerprint density at radius 3 is 2.60 bits per heavy atom. The SMILES string of the molecule is COCCCNSc1nc(C)cc(C)n1. The Bertz CT molecular complexity index is 286. The molecule has 0 saturated carbocycles. The highest BCUT2D eigenvalue weighted by molar-refractivity contribution is 7.97. The minimum absolute atomic E-state index is 0.779. The van der Waals surface area contributed by atoms with Crippen LogP contribution < -0.4 is 4.72 Å². The quantitative estimate of drug-likeness (QED) is 0.455. The molecule has 0 unspecified atom stereocenters. The van der Waals surface area contributed by atoms with Gasteiger partial charge in [0.1, 0.15) is 0 Å². The third-order valence-corrected chi connectivity index (χ3v) is 2.47. The van der Waals surface area contributed by atoms with Crippen LogP contribution in [0.15, 0.2) is 11.2 Å². The average Bonchev–Trinajstić information content (AvgIpc) is 2.16. The summed E-state index contributed by atoms with van der Waals surface area (Å²) in [5.41, 5.74) is 2.01. The van der Waals surface area contributed by atoms with E-state index in [-0.39, 0.29) is 0 Å². The van der Waals surface area contributed by atoms with Crippen LogP contribution >= 0.6 is 11.9 Å². The topological polar surface area (TPSA) is 47.0 Å². The van der Waals surface area contributed by atoms with E-state index in [9.17, 15) is 0 Å². The first kappa shape index (κ1) is 12.4.